The number of para-hydroxylation sites is 1. The molecule has 5 aromatic rings. The quantitative estimate of drug-likeness (QED) is 0.144. The highest BCUT2D eigenvalue weighted by atomic mass is 19.4. The number of nitrogens with zero attached hydrogens (tertiary/aromatic N) is 2. The third-order valence-corrected chi connectivity index (χ3v) is 6.93. The van der Waals surface area contributed by atoms with Crippen molar-refractivity contribution in [1.82, 2.24) is 20.1 Å². The second-order valence-electron chi connectivity index (χ2n) is 12.7. The molecular weight excluding hydrogens is 698 g/mol. The summed E-state index contributed by atoms with van der Waals surface area (Å²) in [7, 11) is 0. The van der Waals surface area contributed by atoms with Crippen LogP contribution in [-0.2, 0) is 6.18 Å². The molecule has 1 amide bonds. The first kappa shape index (κ1) is 36.9. The molecule has 1 aliphatic heterocycles. The maximum absolute atomic E-state index is 14.3. The fraction of sp³-hybridized carbons (Fsp3) is 0.303. The number of ether oxygens (including phenoxy) is 2. The van der Waals surface area contributed by atoms with Gasteiger partial charge in [-0.2, -0.15) is 18.3 Å². The largest absolute Gasteiger partial charge is 0.573 e. The number of fused-ring (bicyclic) bond motifs is 2. The van der Waals surface area contributed by atoms with Gasteiger partial charge in [0, 0.05) is 23.6 Å². The molecule has 1 aliphatic rings. The van der Waals surface area contributed by atoms with Gasteiger partial charge >= 0.3 is 18.3 Å². The van der Waals surface area contributed by atoms with Crippen LogP contribution in [0.1, 0.15) is 60.9 Å². The van der Waals surface area contributed by atoms with Crippen LogP contribution >= 0.6 is 0 Å². The van der Waals surface area contributed by atoms with E-state index in [2.05, 4.69) is 19.9 Å². The molecule has 0 radical (unpaired) electrons. The summed E-state index contributed by atoms with van der Waals surface area (Å²) in [5.41, 5.74) is 4.89. The Hall–Kier alpha value is -5.39. The molecule has 1 unspecified atom stereocenters. The van der Waals surface area contributed by atoms with E-state index in [1.165, 1.54) is 24.3 Å². The minimum absolute atomic E-state index is 0. The van der Waals surface area contributed by atoms with Crippen molar-refractivity contribution in [2.24, 2.45) is 5.73 Å². The van der Waals surface area contributed by atoms with Gasteiger partial charge < -0.3 is 24.5 Å². The lowest BCUT2D eigenvalue weighted by molar-refractivity contribution is -0.276. The summed E-state index contributed by atoms with van der Waals surface area (Å²) in [6, 6.07) is 10.5. The van der Waals surface area contributed by atoms with Crippen LogP contribution < -0.4 is 21.0 Å². The van der Waals surface area contributed by atoms with Crippen molar-refractivity contribution >= 4 is 17.0 Å². The molecule has 4 N–H and O–H groups in total. The van der Waals surface area contributed by atoms with Gasteiger partial charge in [-0.25, -0.2) is 13.6 Å². The number of carbonyl (C=O) groups is 1. The topological polar surface area (TPSA) is 139 Å². The summed E-state index contributed by atoms with van der Waals surface area (Å²) in [5, 5.41) is 6.81. The molecule has 10 nitrogen and oxygen atoms in total. The fourth-order valence-corrected chi connectivity index (χ4v) is 5.23. The Labute approximate surface area is 283 Å². The maximum atomic E-state index is 14.3. The van der Waals surface area contributed by atoms with E-state index in [4.69, 9.17) is 14.9 Å². The van der Waals surface area contributed by atoms with E-state index in [0.29, 0.717) is 24.6 Å². The van der Waals surface area contributed by atoms with Gasteiger partial charge in [0.15, 0.2) is 5.58 Å². The summed E-state index contributed by atoms with van der Waals surface area (Å²) < 4.78 is 121. The van der Waals surface area contributed by atoms with Crippen LogP contribution in [0.25, 0.3) is 22.4 Å². The molecule has 3 aromatic carbocycles. The predicted octanol–water partition coefficient (Wildman–Crippen LogP) is 8.16. The first-order valence-corrected chi connectivity index (χ1v) is 14.9. The zero-order valence-electron chi connectivity index (χ0n) is 27.1. The van der Waals surface area contributed by atoms with Crippen molar-refractivity contribution in [2.75, 3.05) is 6.54 Å². The third-order valence-electron chi connectivity index (χ3n) is 6.93. The number of oxazole rings is 1. The van der Waals surface area contributed by atoms with Crippen LogP contribution in [0.3, 0.4) is 0 Å². The van der Waals surface area contributed by atoms with Gasteiger partial charge in [0.1, 0.15) is 34.2 Å². The molecule has 1 atom stereocenters. The molecule has 0 spiro atoms. The Morgan fingerprint density at radius 2 is 1.53 bits per heavy atom. The van der Waals surface area contributed by atoms with Crippen molar-refractivity contribution in [1.29, 1.82) is 0 Å². The number of benzene rings is 3. The molecule has 3 heterocycles. The van der Waals surface area contributed by atoms with Crippen LogP contribution in [0.5, 0.6) is 17.2 Å². The predicted molar refractivity (Wildman–Crippen MR) is 167 cm³/mol. The maximum Gasteiger partial charge on any atom is 0.573 e. The van der Waals surface area contributed by atoms with E-state index < -0.39 is 59.8 Å². The molecule has 0 saturated heterocycles. The zero-order valence-corrected chi connectivity index (χ0v) is 27.1. The van der Waals surface area contributed by atoms with E-state index >= 15 is 0 Å². The Morgan fingerprint density at radius 3 is 2.12 bits per heavy atom. The van der Waals surface area contributed by atoms with Gasteiger partial charge in [-0.15, -0.1) is 13.2 Å². The number of hydrogen-bond acceptors (Lipinski definition) is 7. The van der Waals surface area contributed by atoms with Crippen LogP contribution in [0, 0.1) is 0 Å². The highest BCUT2D eigenvalue weighted by Crippen LogP contribution is 2.46. The van der Waals surface area contributed by atoms with Crippen molar-refractivity contribution in [3.05, 3.63) is 93.6 Å². The second-order valence-corrected chi connectivity index (χ2v) is 12.7. The highest BCUT2D eigenvalue weighted by molar-refractivity contribution is 6.02. The molecule has 18 heteroatoms. The number of nitrogens with one attached hydrogen (secondary N) is 2. The molecule has 0 bridgehead atoms. The molecule has 0 aliphatic carbocycles. The summed E-state index contributed by atoms with van der Waals surface area (Å²) in [5.74, 6) is -6.87. The lowest BCUT2D eigenvalue weighted by atomic mass is 9.95. The zero-order chi connectivity index (χ0) is 37.7. The van der Waals surface area contributed by atoms with Crippen LogP contribution in [0.4, 0.5) is 35.1 Å². The van der Waals surface area contributed by atoms with Crippen LogP contribution in [0.2, 0.25) is 0 Å². The summed E-state index contributed by atoms with van der Waals surface area (Å²) in [6.45, 7) is 5.54. The molecule has 0 fully saturated rings. The smallest absolute Gasteiger partial charge is 0.457 e. The lowest BCUT2D eigenvalue weighted by Gasteiger charge is -2.28. The van der Waals surface area contributed by atoms with Gasteiger partial charge in [0.05, 0.1) is 18.1 Å². The molecular formula is C33H29F8N5O5. The number of aromatic nitrogens is 3. The average molecular weight is 728 g/mol. The van der Waals surface area contributed by atoms with Crippen LogP contribution in [-0.4, -0.2) is 50.4 Å². The lowest BCUT2D eigenvalue weighted by Crippen LogP contribution is -2.38. The van der Waals surface area contributed by atoms with E-state index in [9.17, 15) is 44.7 Å². The third kappa shape index (κ3) is 8.68. The van der Waals surface area contributed by atoms with Gasteiger partial charge in [-0.05, 0) is 68.8 Å². The average Bonchev–Trinajstić information content (AvgIpc) is 3.64. The Bertz CT molecular complexity index is 2100. The van der Waals surface area contributed by atoms with Crippen molar-refractivity contribution < 1.29 is 53.8 Å². The van der Waals surface area contributed by atoms with E-state index in [0.717, 1.165) is 11.0 Å². The van der Waals surface area contributed by atoms with Crippen molar-refractivity contribution in [3.63, 3.8) is 0 Å². The number of rotatable bonds is 7. The van der Waals surface area contributed by atoms with E-state index in [1.807, 2.05) is 20.8 Å². The van der Waals surface area contributed by atoms with Gasteiger partial charge in [0.25, 0.3) is 11.8 Å². The SMILES string of the molecule is CC(C)(C)N.CC(F)(F)CN1C(=O)c2[nH]nc(-c3cccc4[nH]c(=O)oc34)c2C1c1ccc(Oc2ccc(OC(F)(F)F)c(C(F)(F)F)c2)cc1. The van der Waals surface area contributed by atoms with Gasteiger partial charge in [0.2, 0.25) is 0 Å². The highest BCUT2D eigenvalue weighted by Gasteiger charge is 2.46. The fourth-order valence-electron chi connectivity index (χ4n) is 5.23. The number of halogens is 8. The van der Waals surface area contributed by atoms with E-state index in [1.54, 1.807) is 18.2 Å². The normalized spacial score (nSPS) is 15.1. The monoisotopic (exact) mass is 727 g/mol. The number of alkyl halides is 8. The minimum atomic E-state index is -5.37. The summed E-state index contributed by atoms with van der Waals surface area (Å²) in [6.07, 6.45) is -10.6. The Kier molecular flexibility index (Phi) is 9.44. The second kappa shape index (κ2) is 13.1. The number of nitrogens with two attached hydrogens (primary N) is 1. The van der Waals surface area contributed by atoms with Gasteiger partial charge in [-0.3, -0.25) is 14.9 Å². The van der Waals surface area contributed by atoms with Crippen LogP contribution in [0.15, 0.2) is 69.9 Å². The van der Waals surface area contributed by atoms with E-state index in [-0.39, 0.29) is 44.9 Å². The molecule has 6 rings (SSSR count). The summed E-state index contributed by atoms with van der Waals surface area (Å²) in [4.78, 5) is 28.7. The number of carbonyl (C=O) groups excluding carboxylic acids is 1. The summed E-state index contributed by atoms with van der Waals surface area (Å²) >= 11 is 0. The number of hydrogen-bond donors (Lipinski definition) is 3. The molecule has 0 saturated carbocycles. The first-order chi connectivity index (χ1) is 23.5. The Balaban J connectivity index is 0.000000943. The van der Waals surface area contributed by atoms with Crippen molar-refractivity contribution in [2.45, 2.75) is 57.7 Å². The minimum Gasteiger partial charge on any atom is -0.457 e. The molecule has 51 heavy (non-hydrogen) atoms. The standard InChI is InChI=1S/C29H18F8N4O5.C4H11N/c1-27(30,31)12-41-23(20-21(39-40-22(20)25(41)42)16-3-2-4-18-24(16)45-26(43)38-18)13-5-7-14(8-6-13)44-15-9-10-19(46-29(35,36)37)17(11-15)28(32,33)34;1-4(2,3)5/h2-11,23H,12H2,1H3,(H,38,43)(H,39,40);5H2,1-3H3. The first-order valence-electron chi connectivity index (χ1n) is 14.9. The molecule has 2 aromatic heterocycles. The van der Waals surface area contributed by atoms with Gasteiger partial charge in [-0.1, -0.05) is 18.2 Å². The number of amides is 1. The Morgan fingerprint density at radius 1 is 0.902 bits per heavy atom. The molecule has 272 valence electrons. The number of H-pyrrole nitrogens is 2. The number of aromatic amines is 2. The van der Waals surface area contributed by atoms with Crippen molar-refractivity contribution in [3.8, 4) is 28.5 Å².